The monoisotopic (exact) mass is 150 g/mol. The summed E-state index contributed by atoms with van der Waals surface area (Å²) in [6, 6.07) is 0. The second kappa shape index (κ2) is 4.13. The second-order valence-corrected chi connectivity index (χ2v) is 3.56. The molecule has 0 aliphatic heterocycles. The lowest BCUT2D eigenvalue weighted by Crippen LogP contribution is -2.19. The summed E-state index contributed by atoms with van der Waals surface area (Å²) in [5.74, 6) is 0.529. The van der Waals surface area contributed by atoms with E-state index >= 15 is 0 Å². The van der Waals surface area contributed by atoms with Crippen LogP contribution in [0.1, 0.15) is 27.2 Å². The van der Waals surface area contributed by atoms with Gasteiger partial charge >= 0.3 is 0 Å². The van der Waals surface area contributed by atoms with E-state index in [4.69, 9.17) is 16.7 Å². The van der Waals surface area contributed by atoms with Gasteiger partial charge in [-0.25, -0.2) is 0 Å². The fraction of sp³-hybridized carbons (Fsp3) is 1.00. The van der Waals surface area contributed by atoms with Crippen LogP contribution in [0.2, 0.25) is 0 Å². The first kappa shape index (κ1) is 9.25. The van der Waals surface area contributed by atoms with Gasteiger partial charge in [0.1, 0.15) is 0 Å². The van der Waals surface area contributed by atoms with Crippen LogP contribution in [0.4, 0.5) is 0 Å². The van der Waals surface area contributed by atoms with Crippen LogP contribution in [0.5, 0.6) is 0 Å². The Balaban J connectivity index is 3.38. The molecule has 56 valence electrons. The van der Waals surface area contributed by atoms with Crippen molar-refractivity contribution in [1.29, 1.82) is 0 Å². The summed E-state index contributed by atoms with van der Waals surface area (Å²) in [6.07, 6.45) is 0.455. The fourth-order valence-electron chi connectivity index (χ4n) is 0.671. The third-order valence-corrected chi connectivity index (χ3v) is 1.53. The normalized spacial score (nSPS) is 18.0. The van der Waals surface area contributed by atoms with Crippen LogP contribution < -0.4 is 0 Å². The van der Waals surface area contributed by atoms with Crippen LogP contribution in [-0.4, -0.2) is 16.6 Å². The third-order valence-electron chi connectivity index (χ3n) is 1.24. The van der Waals surface area contributed by atoms with Crippen LogP contribution in [0.15, 0.2) is 0 Å². The standard InChI is InChI=1S/C7H15ClO/c1-5(2)4-7(9)6(3)8/h5-7,9H,4H2,1-3H3. The van der Waals surface area contributed by atoms with E-state index in [0.717, 1.165) is 6.42 Å². The molecule has 1 N–H and O–H groups in total. The van der Waals surface area contributed by atoms with Crippen LogP contribution >= 0.6 is 11.6 Å². The van der Waals surface area contributed by atoms with Crippen molar-refractivity contribution < 1.29 is 5.11 Å². The van der Waals surface area contributed by atoms with Crippen molar-refractivity contribution in [2.75, 3.05) is 0 Å². The van der Waals surface area contributed by atoms with Gasteiger partial charge in [-0.2, -0.15) is 0 Å². The quantitative estimate of drug-likeness (QED) is 0.611. The van der Waals surface area contributed by atoms with Crippen molar-refractivity contribution in [3.8, 4) is 0 Å². The minimum Gasteiger partial charge on any atom is -0.392 e. The van der Waals surface area contributed by atoms with Gasteiger partial charge < -0.3 is 5.11 Å². The number of hydrogen-bond donors (Lipinski definition) is 1. The molecule has 0 bridgehead atoms. The predicted octanol–water partition coefficient (Wildman–Crippen LogP) is 2.02. The molecule has 9 heavy (non-hydrogen) atoms. The average Bonchev–Trinajstić information content (AvgIpc) is 1.63. The SMILES string of the molecule is CC(C)CC(O)C(C)Cl. The lowest BCUT2D eigenvalue weighted by atomic mass is 10.0. The molecule has 0 aliphatic carbocycles. The fourth-order valence-corrected chi connectivity index (χ4v) is 0.773. The molecule has 2 heteroatoms. The van der Waals surface area contributed by atoms with Crippen LogP contribution in [0.3, 0.4) is 0 Å². The molecule has 2 unspecified atom stereocenters. The Morgan fingerprint density at radius 1 is 1.33 bits per heavy atom. The molecule has 2 atom stereocenters. The van der Waals surface area contributed by atoms with Crippen molar-refractivity contribution in [2.45, 2.75) is 38.7 Å². The molecule has 0 aromatic rings. The maximum absolute atomic E-state index is 9.16. The van der Waals surface area contributed by atoms with Gasteiger partial charge in [-0.15, -0.1) is 11.6 Å². The van der Waals surface area contributed by atoms with E-state index in [1.807, 2.05) is 6.92 Å². The summed E-state index contributed by atoms with van der Waals surface area (Å²) in [5, 5.41) is 9.05. The summed E-state index contributed by atoms with van der Waals surface area (Å²) in [7, 11) is 0. The Labute approximate surface area is 62.0 Å². The summed E-state index contributed by atoms with van der Waals surface area (Å²) < 4.78 is 0. The molecular formula is C7H15ClO. The van der Waals surface area contributed by atoms with Crippen molar-refractivity contribution in [3.05, 3.63) is 0 Å². The van der Waals surface area contributed by atoms with Crippen LogP contribution in [0.25, 0.3) is 0 Å². The molecule has 0 amide bonds. The second-order valence-electron chi connectivity index (χ2n) is 2.87. The summed E-state index contributed by atoms with van der Waals surface area (Å²) in [4.78, 5) is 0. The highest BCUT2D eigenvalue weighted by molar-refractivity contribution is 6.20. The number of aliphatic hydroxyl groups excluding tert-OH is 1. The molecule has 0 aromatic carbocycles. The molecule has 0 fully saturated rings. The van der Waals surface area contributed by atoms with Crippen molar-refractivity contribution >= 4 is 11.6 Å². The Hall–Kier alpha value is 0.250. The molecule has 0 radical (unpaired) electrons. The van der Waals surface area contributed by atoms with Gasteiger partial charge in [0.15, 0.2) is 0 Å². The van der Waals surface area contributed by atoms with Gasteiger partial charge in [0.05, 0.1) is 11.5 Å². The van der Waals surface area contributed by atoms with E-state index < -0.39 is 0 Å². The van der Waals surface area contributed by atoms with Gasteiger partial charge in [-0.05, 0) is 19.3 Å². The average molecular weight is 151 g/mol. The van der Waals surface area contributed by atoms with Crippen molar-refractivity contribution in [1.82, 2.24) is 0 Å². The van der Waals surface area contributed by atoms with E-state index in [-0.39, 0.29) is 11.5 Å². The first-order valence-electron chi connectivity index (χ1n) is 3.36. The molecular weight excluding hydrogens is 136 g/mol. The zero-order valence-electron chi connectivity index (χ0n) is 6.26. The Kier molecular flexibility index (Phi) is 4.24. The van der Waals surface area contributed by atoms with Gasteiger partial charge in [-0.1, -0.05) is 13.8 Å². The summed E-state index contributed by atoms with van der Waals surface area (Å²) in [6.45, 7) is 5.96. The Morgan fingerprint density at radius 2 is 1.78 bits per heavy atom. The maximum atomic E-state index is 9.16. The molecule has 0 spiro atoms. The molecule has 0 aromatic heterocycles. The van der Waals surface area contributed by atoms with E-state index in [1.54, 1.807) is 0 Å². The van der Waals surface area contributed by atoms with E-state index in [0.29, 0.717) is 5.92 Å². The molecule has 0 saturated heterocycles. The van der Waals surface area contributed by atoms with E-state index in [9.17, 15) is 0 Å². The largest absolute Gasteiger partial charge is 0.392 e. The first-order chi connectivity index (χ1) is 4.04. The highest BCUT2D eigenvalue weighted by atomic mass is 35.5. The van der Waals surface area contributed by atoms with Crippen LogP contribution in [-0.2, 0) is 0 Å². The number of hydrogen-bond acceptors (Lipinski definition) is 1. The smallest absolute Gasteiger partial charge is 0.0703 e. The summed E-state index contributed by atoms with van der Waals surface area (Å²) >= 11 is 5.62. The highest BCUT2D eigenvalue weighted by Gasteiger charge is 2.11. The zero-order chi connectivity index (χ0) is 7.44. The van der Waals surface area contributed by atoms with E-state index in [1.165, 1.54) is 0 Å². The maximum Gasteiger partial charge on any atom is 0.0703 e. The molecule has 0 heterocycles. The van der Waals surface area contributed by atoms with Gasteiger partial charge in [0.25, 0.3) is 0 Å². The van der Waals surface area contributed by atoms with Gasteiger partial charge in [-0.3, -0.25) is 0 Å². The Bertz CT molecular complexity index is 71.3. The molecule has 0 rings (SSSR count). The van der Waals surface area contributed by atoms with Crippen LogP contribution in [0, 0.1) is 5.92 Å². The predicted molar refractivity (Wildman–Crippen MR) is 40.8 cm³/mol. The topological polar surface area (TPSA) is 20.2 Å². The number of halogens is 1. The van der Waals surface area contributed by atoms with Crippen molar-refractivity contribution in [3.63, 3.8) is 0 Å². The van der Waals surface area contributed by atoms with Gasteiger partial charge in [0, 0.05) is 0 Å². The lowest BCUT2D eigenvalue weighted by Gasteiger charge is -2.14. The minimum absolute atomic E-state index is 0.118. The zero-order valence-corrected chi connectivity index (χ0v) is 7.02. The third kappa shape index (κ3) is 4.73. The number of rotatable bonds is 3. The molecule has 0 saturated carbocycles. The molecule has 1 nitrogen and oxygen atoms in total. The minimum atomic E-state index is -0.341. The summed E-state index contributed by atoms with van der Waals surface area (Å²) in [5.41, 5.74) is 0. The van der Waals surface area contributed by atoms with E-state index in [2.05, 4.69) is 13.8 Å². The lowest BCUT2D eigenvalue weighted by molar-refractivity contribution is 0.148. The van der Waals surface area contributed by atoms with Gasteiger partial charge in [0.2, 0.25) is 0 Å². The Morgan fingerprint density at radius 3 is 1.89 bits per heavy atom. The molecule has 0 aliphatic rings. The highest BCUT2D eigenvalue weighted by Crippen LogP contribution is 2.11. The van der Waals surface area contributed by atoms with Crippen molar-refractivity contribution in [2.24, 2.45) is 5.92 Å². The first-order valence-corrected chi connectivity index (χ1v) is 3.79. The number of aliphatic hydroxyl groups is 1. The number of alkyl halides is 1.